The minimum Gasteiger partial charge on any atom is -0.497 e. The van der Waals surface area contributed by atoms with Crippen molar-refractivity contribution in [3.05, 3.63) is 78.4 Å². The van der Waals surface area contributed by atoms with Crippen LogP contribution in [0.25, 0.3) is 10.2 Å². The number of aromatic nitrogens is 2. The Bertz CT molecular complexity index is 1390. The molecule has 0 atom stereocenters. The Morgan fingerprint density at radius 2 is 1.91 bits per heavy atom. The molecule has 2 aromatic heterocycles. The Kier molecular flexibility index (Phi) is 7.18. The second-order valence-corrected chi connectivity index (χ2v) is 10.6. The van der Waals surface area contributed by atoms with E-state index in [9.17, 15) is 17.6 Å². The predicted octanol–water partition coefficient (Wildman–Crippen LogP) is 4.63. The van der Waals surface area contributed by atoms with E-state index >= 15 is 0 Å². The Labute approximate surface area is 200 Å². The Morgan fingerprint density at radius 1 is 1.12 bits per heavy atom. The molecule has 0 radical (unpaired) electrons. The number of fused-ring (bicyclic) bond motifs is 1. The zero-order valence-electron chi connectivity index (χ0n) is 18.3. The van der Waals surface area contributed by atoms with E-state index < -0.39 is 15.7 Å². The van der Waals surface area contributed by atoms with Crippen molar-refractivity contribution < 1.29 is 22.3 Å². The zero-order chi connectivity index (χ0) is 24.1. The van der Waals surface area contributed by atoms with E-state index in [4.69, 9.17) is 4.74 Å². The standard InChI is InChI=1S/C24H22FN3O4S2/c1-32-18-9-11-19(12-10-18)34(30,31)14-4-8-22(29)28(16-17-5-3-13-26-15-17)24-27-23-20(25)6-2-7-21(23)33-24/h2-3,5-7,9-13,15H,4,8,14,16H2,1H3. The van der Waals surface area contributed by atoms with E-state index in [2.05, 4.69) is 9.97 Å². The maximum Gasteiger partial charge on any atom is 0.229 e. The van der Waals surface area contributed by atoms with E-state index in [0.717, 1.165) is 5.56 Å². The SMILES string of the molecule is COc1ccc(S(=O)(=O)CCCC(=O)N(Cc2cccnc2)c2nc3c(F)cccc3s2)cc1. The Morgan fingerprint density at radius 3 is 2.59 bits per heavy atom. The number of methoxy groups -OCH3 is 1. The van der Waals surface area contributed by atoms with Gasteiger partial charge < -0.3 is 4.74 Å². The van der Waals surface area contributed by atoms with Gasteiger partial charge in [-0.3, -0.25) is 14.7 Å². The van der Waals surface area contributed by atoms with Crippen LogP contribution in [-0.4, -0.2) is 37.2 Å². The second-order valence-electron chi connectivity index (χ2n) is 7.52. The summed E-state index contributed by atoms with van der Waals surface area (Å²) >= 11 is 1.21. The number of carbonyl (C=O) groups is 1. The number of nitrogens with zero attached hydrogens (tertiary/aromatic N) is 3. The van der Waals surface area contributed by atoms with Gasteiger partial charge in [-0.2, -0.15) is 0 Å². The number of rotatable bonds is 9. The van der Waals surface area contributed by atoms with Gasteiger partial charge in [-0.15, -0.1) is 0 Å². The third-order valence-corrected chi connectivity index (χ3v) is 8.04. The maximum atomic E-state index is 14.2. The summed E-state index contributed by atoms with van der Waals surface area (Å²) in [4.78, 5) is 23.3. The summed E-state index contributed by atoms with van der Waals surface area (Å²) < 4.78 is 45.2. The highest BCUT2D eigenvalue weighted by atomic mass is 32.2. The molecule has 0 fully saturated rings. The van der Waals surface area contributed by atoms with Crippen LogP contribution in [0.15, 0.2) is 71.9 Å². The van der Waals surface area contributed by atoms with E-state index in [1.54, 1.807) is 42.7 Å². The molecule has 2 aromatic carbocycles. The smallest absolute Gasteiger partial charge is 0.229 e. The monoisotopic (exact) mass is 499 g/mol. The molecular formula is C24H22FN3O4S2. The molecule has 0 N–H and O–H groups in total. The largest absolute Gasteiger partial charge is 0.497 e. The molecule has 0 saturated heterocycles. The van der Waals surface area contributed by atoms with Crippen LogP contribution in [0, 0.1) is 5.82 Å². The highest BCUT2D eigenvalue weighted by Gasteiger charge is 2.22. The average Bonchev–Trinajstić information content (AvgIpc) is 3.28. The first kappa shape index (κ1) is 23.8. The molecule has 0 saturated carbocycles. The fraction of sp³-hybridized carbons (Fsp3) is 0.208. The summed E-state index contributed by atoms with van der Waals surface area (Å²) in [6.45, 7) is 0.194. The van der Waals surface area contributed by atoms with Crippen molar-refractivity contribution in [2.24, 2.45) is 0 Å². The molecule has 0 bridgehead atoms. The highest BCUT2D eigenvalue weighted by Crippen LogP contribution is 2.31. The second kappa shape index (κ2) is 10.3. The molecule has 0 aliphatic heterocycles. The molecule has 176 valence electrons. The number of thiazole rings is 1. The topological polar surface area (TPSA) is 89.5 Å². The van der Waals surface area contributed by atoms with Crippen molar-refractivity contribution >= 4 is 42.4 Å². The van der Waals surface area contributed by atoms with Gasteiger partial charge in [0.15, 0.2) is 15.0 Å². The van der Waals surface area contributed by atoms with Crippen molar-refractivity contribution in [3.8, 4) is 5.75 Å². The average molecular weight is 500 g/mol. The van der Waals surface area contributed by atoms with Gasteiger partial charge in [0.2, 0.25) is 5.91 Å². The number of anilines is 1. The summed E-state index contributed by atoms with van der Waals surface area (Å²) in [5.74, 6) is -0.375. The number of amides is 1. The Hall–Kier alpha value is -3.37. The van der Waals surface area contributed by atoms with E-state index in [1.807, 2.05) is 6.07 Å². The Balaban J connectivity index is 1.51. The van der Waals surface area contributed by atoms with Gasteiger partial charge in [0.25, 0.3) is 0 Å². The molecule has 34 heavy (non-hydrogen) atoms. The maximum absolute atomic E-state index is 14.2. The molecule has 0 aliphatic rings. The van der Waals surface area contributed by atoms with Gasteiger partial charge >= 0.3 is 0 Å². The molecule has 1 amide bonds. The third-order valence-electron chi connectivity index (χ3n) is 5.18. The van der Waals surface area contributed by atoms with Gasteiger partial charge in [-0.05, 0) is 54.4 Å². The van der Waals surface area contributed by atoms with Crippen molar-refractivity contribution in [1.82, 2.24) is 9.97 Å². The number of sulfone groups is 1. The molecule has 0 spiro atoms. The predicted molar refractivity (Wildman–Crippen MR) is 129 cm³/mol. The molecule has 0 aliphatic carbocycles. The lowest BCUT2D eigenvalue weighted by Gasteiger charge is -2.20. The van der Waals surface area contributed by atoms with Crippen LogP contribution in [0.1, 0.15) is 18.4 Å². The van der Waals surface area contributed by atoms with Crippen LogP contribution >= 0.6 is 11.3 Å². The van der Waals surface area contributed by atoms with E-state index in [0.29, 0.717) is 15.6 Å². The number of hydrogen-bond donors (Lipinski definition) is 0. The number of para-hydroxylation sites is 1. The van der Waals surface area contributed by atoms with Crippen molar-refractivity contribution in [1.29, 1.82) is 0 Å². The number of halogens is 1. The normalized spacial score (nSPS) is 11.5. The quantitative estimate of drug-likeness (QED) is 0.334. The van der Waals surface area contributed by atoms with Crippen LogP contribution in [0.5, 0.6) is 5.75 Å². The molecule has 7 nitrogen and oxygen atoms in total. The minimum atomic E-state index is -3.56. The number of benzene rings is 2. The van der Waals surface area contributed by atoms with Crippen LogP contribution in [0.4, 0.5) is 9.52 Å². The zero-order valence-corrected chi connectivity index (χ0v) is 20.0. The van der Waals surface area contributed by atoms with Gasteiger partial charge in [-0.1, -0.05) is 23.5 Å². The number of hydrogen-bond acceptors (Lipinski definition) is 7. The third kappa shape index (κ3) is 5.40. The van der Waals surface area contributed by atoms with Gasteiger partial charge in [0.05, 0.1) is 29.0 Å². The number of pyridine rings is 1. The van der Waals surface area contributed by atoms with Crippen molar-refractivity contribution in [3.63, 3.8) is 0 Å². The summed E-state index contributed by atoms with van der Waals surface area (Å²) in [7, 11) is -2.05. The lowest BCUT2D eigenvalue weighted by Crippen LogP contribution is -2.30. The first-order valence-corrected chi connectivity index (χ1v) is 13.0. The van der Waals surface area contributed by atoms with Crippen LogP contribution in [0.2, 0.25) is 0 Å². The molecule has 4 rings (SSSR count). The fourth-order valence-electron chi connectivity index (χ4n) is 3.40. The van der Waals surface area contributed by atoms with Gasteiger partial charge in [0.1, 0.15) is 17.1 Å². The minimum absolute atomic E-state index is 0.00590. The number of ether oxygens (including phenoxy) is 1. The highest BCUT2D eigenvalue weighted by molar-refractivity contribution is 7.91. The summed E-state index contributed by atoms with van der Waals surface area (Å²) in [6, 6.07) is 14.4. The first-order chi connectivity index (χ1) is 16.4. The van der Waals surface area contributed by atoms with E-state index in [-0.39, 0.29) is 41.5 Å². The molecule has 4 aromatic rings. The van der Waals surface area contributed by atoms with Crippen LogP contribution < -0.4 is 9.64 Å². The van der Waals surface area contributed by atoms with E-state index in [1.165, 1.54) is 41.5 Å². The number of carbonyl (C=O) groups excluding carboxylic acids is 1. The van der Waals surface area contributed by atoms with Crippen molar-refractivity contribution in [2.75, 3.05) is 17.8 Å². The fourth-order valence-corrected chi connectivity index (χ4v) is 5.71. The van der Waals surface area contributed by atoms with Crippen molar-refractivity contribution in [2.45, 2.75) is 24.3 Å². The lowest BCUT2D eigenvalue weighted by molar-refractivity contribution is -0.118. The summed E-state index contributed by atoms with van der Waals surface area (Å²) in [5.41, 5.74) is 0.981. The first-order valence-electron chi connectivity index (χ1n) is 10.5. The summed E-state index contributed by atoms with van der Waals surface area (Å²) in [5, 5.41) is 0.354. The molecule has 10 heteroatoms. The molecular weight excluding hydrogens is 477 g/mol. The molecule has 2 heterocycles. The van der Waals surface area contributed by atoms with Crippen LogP contribution in [0.3, 0.4) is 0 Å². The van der Waals surface area contributed by atoms with Crippen LogP contribution in [-0.2, 0) is 21.2 Å². The summed E-state index contributed by atoms with van der Waals surface area (Å²) in [6.07, 6.45) is 3.40. The lowest BCUT2D eigenvalue weighted by atomic mass is 10.2. The van der Waals surface area contributed by atoms with Gasteiger partial charge in [-0.25, -0.2) is 17.8 Å². The molecule has 0 unspecified atom stereocenters. The van der Waals surface area contributed by atoms with Gasteiger partial charge in [0, 0.05) is 18.8 Å².